The van der Waals surface area contributed by atoms with Gasteiger partial charge in [-0.25, -0.2) is 4.98 Å². The minimum Gasteiger partial charge on any atom is -0.389 e. The lowest BCUT2D eigenvalue weighted by atomic mass is 10.1. The Hall–Kier alpha value is -1.69. The first kappa shape index (κ1) is 17.7. The van der Waals surface area contributed by atoms with Crippen LogP contribution < -0.4 is 5.32 Å². The third-order valence-corrected chi connectivity index (χ3v) is 3.78. The molecule has 0 saturated heterocycles. The van der Waals surface area contributed by atoms with Gasteiger partial charge in [0.05, 0.1) is 19.0 Å². The van der Waals surface area contributed by atoms with Crippen LogP contribution in [0.25, 0.3) is 5.69 Å². The molecule has 2 atom stereocenters. The van der Waals surface area contributed by atoms with Crippen LogP contribution in [-0.2, 0) is 4.74 Å². The first-order valence-electron chi connectivity index (χ1n) is 8.28. The molecule has 0 fully saturated rings. The van der Waals surface area contributed by atoms with Crippen molar-refractivity contribution in [2.24, 2.45) is 0 Å². The molecule has 5 nitrogen and oxygen atoms in total. The molecular weight excluding hydrogens is 290 g/mol. The number of hydrogen-bond acceptors (Lipinski definition) is 4. The number of aliphatic hydroxyl groups excluding tert-OH is 1. The second-order valence-electron chi connectivity index (χ2n) is 5.78. The monoisotopic (exact) mass is 317 g/mol. The van der Waals surface area contributed by atoms with Gasteiger partial charge in [0.2, 0.25) is 0 Å². The maximum atomic E-state index is 9.95. The summed E-state index contributed by atoms with van der Waals surface area (Å²) in [7, 11) is 0. The van der Waals surface area contributed by atoms with E-state index in [-0.39, 0.29) is 6.04 Å². The van der Waals surface area contributed by atoms with Crippen LogP contribution in [0.3, 0.4) is 0 Å². The van der Waals surface area contributed by atoms with E-state index in [1.165, 1.54) is 5.56 Å². The van der Waals surface area contributed by atoms with Crippen molar-refractivity contribution in [1.29, 1.82) is 0 Å². The van der Waals surface area contributed by atoms with Crippen molar-refractivity contribution >= 4 is 0 Å². The number of nitrogens with one attached hydrogen (secondary N) is 1. The number of benzene rings is 1. The molecule has 0 aliphatic rings. The van der Waals surface area contributed by atoms with Crippen LogP contribution in [0.1, 0.15) is 38.3 Å². The Morgan fingerprint density at radius 3 is 3.00 bits per heavy atom. The van der Waals surface area contributed by atoms with Gasteiger partial charge < -0.3 is 19.7 Å². The van der Waals surface area contributed by atoms with E-state index < -0.39 is 6.10 Å². The van der Waals surface area contributed by atoms with Gasteiger partial charge in [-0.1, -0.05) is 25.5 Å². The average molecular weight is 317 g/mol. The summed E-state index contributed by atoms with van der Waals surface area (Å²) in [6.45, 7) is 5.84. The molecule has 0 radical (unpaired) electrons. The molecule has 126 valence electrons. The fourth-order valence-electron chi connectivity index (χ4n) is 2.32. The van der Waals surface area contributed by atoms with E-state index in [1.807, 2.05) is 22.9 Å². The van der Waals surface area contributed by atoms with Crippen LogP contribution in [0, 0.1) is 0 Å². The zero-order valence-corrected chi connectivity index (χ0v) is 14.0. The highest BCUT2D eigenvalue weighted by atomic mass is 16.5. The normalized spacial score (nSPS) is 13.9. The van der Waals surface area contributed by atoms with Crippen molar-refractivity contribution < 1.29 is 9.84 Å². The van der Waals surface area contributed by atoms with E-state index in [2.05, 4.69) is 36.3 Å². The van der Waals surface area contributed by atoms with Crippen molar-refractivity contribution in [3.8, 4) is 5.69 Å². The zero-order chi connectivity index (χ0) is 16.5. The topological polar surface area (TPSA) is 59.3 Å². The molecule has 0 amide bonds. The zero-order valence-electron chi connectivity index (χ0n) is 14.0. The van der Waals surface area contributed by atoms with Gasteiger partial charge in [0.25, 0.3) is 0 Å². The Morgan fingerprint density at radius 1 is 1.39 bits per heavy atom. The number of hydrogen-bond donors (Lipinski definition) is 2. The molecular formula is C18H27N3O2. The highest BCUT2D eigenvalue weighted by Crippen LogP contribution is 2.16. The molecule has 0 spiro atoms. The molecule has 1 aromatic heterocycles. The van der Waals surface area contributed by atoms with E-state index in [0.717, 1.165) is 25.1 Å². The summed E-state index contributed by atoms with van der Waals surface area (Å²) in [5, 5.41) is 13.3. The first-order valence-corrected chi connectivity index (χ1v) is 8.28. The van der Waals surface area contributed by atoms with E-state index in [0.29, 0.717) is 13.2 Å². The SMILES string of the molecule is CCCCOC[C@@H](O)CN[C@@H](C)c1cccc(-n2ccnc2)c1. The smallest absolute Gasteiger partial charge is 0.0991 e. The van der Waals surface area contributed by atoms with Gasteiger partial charge in [-0.2, -0.15) is 0 Å². The van der Waals surface area contributed by atoms with E-state index in [4.69, 9.17) is 4.74 Å². The summed E-state index contributed by atoms with van der Waals surface area (Å²) in [4.78, 5) is 4.07. The number of rotatable bonds is 10. The van der Waals surface area contributed by atoms with E-state index in [1.54, 1.807) is 12.5 Å². The minimum atomic E-state index is -0.480. The lowest BCUT2D eigenvalue weighted by Gasteiger charge is -2.18. The molecule has 0 aliphatic carbocycles. The summed E-state index contributed by atoms with van der Waals surface area (Å²) in [5.41, 5.74) is 2.26. The summed E-state index contributed by atoms with van der Waals surface area (Å²) in [6.07, 6.45) is 7.15. The summed E-state index contributed by atoms with van der Waals surface area (Å²) in [5.74, 6) is 0. The van der Waals surface area contributed by atoms with Gasteiger partial charge >= 0.3 is 0 Å². The van der Waals surface area contributed by atoms with E-state index in [9.17, 15) is 5.11 Å². The maximum absolute atomic E-state index is 9.95. The van der Waals surface area contributed by atoms with Gasteiger partial charge in [0.1, 0.15) is 0 Å². The van der Waals surface area contributed by atoms with E-state index >= 15 is 0 Å². The molecule has 2 N–H and O–H groups in total. The molecule has 0 saturated carbocycles. The quantitative estimate of drug-likeness (QED) is 0.662. The van der Waals surface area contributed by atoms with Crippen LogP contribution >= 0.6 is 0 Å². The molecule has 0 aliphatic heterocycles. The molecule has 23 heavy (non-hydrogen) atoms. The Balaban J connectivity index is 1.81. The van der Waals surface area contributed by atoms with Crippen molar-refractivity contribution in [2.45, 2.75) is 38.8 Å². The molecule has 2 rings (SSSR count). The molecule has 2 aromatic rings. The molecule has 5 heteroatoms. The molecule has 0 bridgehead atoms. The Morgan fingerprint density at radius 2 is 2.26 bits per heavy atom. The summed E-state index contributed by atoms with van der Waals surface area (Å²) in [6, 6.07) is 8.46. The van der Waals surface area contributed by atoms with Crippen molar-refractivity contribution in [3.05, 3.63) is 48.5 Å². The highest BCUT2D eigenvalue weighted by molar-refractivity contribution is 5.36. The number of nitrogens with zero attached hydrogens (tertiary/aromatic N) is 2. The second-order valence-corrected chi connectivity index (χ2v) is 5.78. The highest BCUT2D eigenvalue weighted by Gasteiger charge is 2.10. The Bertz CT molecular complexity index is 557. The fourth-order valence-corrected chi connectivity index (χ4v) is 2.32. The minimum absolute atomic E-state index is 0.156. The van der Waals surface area contributed by atoms with Crippen molar-refractivity contribution in [1.82, 2.24) is 14.9 Å². The summed E-state index contributed by atoms with van der Waals surface area (Å²) >= 11 is 0. The van der Waals surface area contributed by atoms with Gasteiger partial charge in [0.15, 0.2) is 0 Å². The van der Waals surface area contributed by atoms with Crippen LogP contribution in [0.2, 0.25) is 0 Å². The predicted molar refractivity (Wildman–Crippen MR) is 91.7 cm³/mol. The Labute approximate surface area is 138 Å². The first-order chi connectivity index (χ1) is 11.2. The number of unbranched alkanes of at least 4 members (excludes halogenated alkanes) is 1. The Kier molecular flexibility index (Phi) is 7.26. The summed E-state index contributed by atoms with van der Waals surface area (Å²) < 4.78 is 7.42. The number of imidazole rings is 1. The maximum Gasteiger partial charge on any atom is 0.0991 e. The van der Waals surface area contributed by atoms with Crippen LogP contribution in [-0.4, -0.2) is 40.5 Å². The standard InChI is InChI=1S/C18H27N3O2/c1-3-4-10-23-13-18(22)12-20-15(2)16-6-5-7-17(11-16)21-9-8-19-14-21/h5-9,11,14-15,18,20,22H,3-4,10,12-13H2,1-2H3/t15-,18-/m0/s1. The lowest BCUT2D eigenvalue weighted by molar-refractivity contribution is 0.0348. The van der Waals surface area contributed by atoms with Gasteiger partial charge in [0, 0.05) is 37.3 Å². The van der Waals surface area contributed by atoms with Crippen LogP contribution in [0.5, 0.6) is 0 Å². The van der Waals surface area contributed by atoms with Crippen molar-refractivity contribution in [2.75, 3.05) is 19.8 Å². The lowest BCUT2D eigenvalue weighted by Crippen LogP contribution is -2.32. The largest absolute Gasteiger partial charge is 0.389 e. The van der Waals surface area contributed by atoms with Gasteiger partial charge in [-0.15, -0.1) is 0 Å². The number of aliphatic hydroxyl groups is 1. The number of aromatic nitrogens is 2. The molecule has 0 unspecified atom stereocenters. The average Bonchev–Trinajstić information content (AvgIpc) is 3.11. The molecule has 1 heterocycles. The number of ether oxygens (including phenoxy) is 1. The third kappa shape index (κ3) is 5.78. The predicted octanol–water partition coefficient (Wildman–Crippen LogP) is 2.70. The van der Waals surface area contributed by atoms with Crippen LogP contribution in [0.15, 0.2) is 43.0 Å². The van der Waals surface area contributed by atoms with Crippen LogP contribution in [0.4, 0.5) is 0 Å². The molecule has 1 aromatic carbocycles. The third-order valence-electron chi connectivity index (χ3n) is 3.78. The van der Waals surface area contributed by atoms with Gasteiger partial charge in [-0.05, 0) is 31.0 Å². The van der Waals surface area contributed by atoms with Crippen molar-refractivity contribution in [3.63, 3.8) is 0 Å². The fraction of sp³-hybridized carbons (Fsp3) is 0.500. The second kappa shape index (κ2) is 9.45. The van der Waals surface area contributed by atoms with Gasteiger partial charge in [-0.3, -0.25) is 0 Å².